The van der Waals surface area contributed by atoms with Gasteiger partial charge in [0.1, 0.15) is 29.4 Å². The van der Waals surface area contributed by atoms with Crippen LogP contribution < -0.4 is 54.9 Å². The van der Waals surface area contributed by atoms with Crippen LogP contribution in [0.5, 0.6) is 0 Å². The van der Waals surface area contributed by atoms with Crippen LogP contribution in [0.2, 0.25) is 0 Å². The van der Waals surface area contributed by atoms with Crippen LogP contribution in [-0.2, 0) is 45.4 Å². The Hall–Kier alpha value is -12.9. The molecule has 14 rings (SSSR count). The Labute approximate surface area is 581 Å². The molecule has 3 aliphatic rings. The predicted octanol–water partition coefficient (Wildman–Crippen LogP) is 6.05. The minimum absolute atomic E-state index is 0.771. The molecule has 0 atom stereocenters. The van der Waals surface area contributed by atoms with Crippen molar-refractivity contribution in [2.45, 2.75) is 50.9 Å². The van der Waals surface area contributed by atoms with Gasteiger partial charge in [0.15, 0.2) is 75.8 Å². The number of benzene rings is 4. The van der Waals surface area contributed by atoms with Gasteiger partial charge >= 0.3 is 24.7 Å². The van der Waals surface area contributed by atoms with Crippen LogP contribution in [0.3, 0.4) is 0 Å². The largest absolute Gasteiger partial charge is 0.542 e. The number of aromatic nitrogens is 6. The van der Waals surface area contributed by atoms with Crippen molar-refractivity contribution in [1.29, 1.82) is 0 Å². The molecule has 528 valence electrons. The molecule has 0 spiro atoms. The van der Waals surface area contributed by atoms with Gasteiger partial charge in [-0.05, 0) is 64.7 Å². The summed E-state index contributed by atoms with van der Waals surface area (Å²) in [5.41, 5.74) is 20.4. The lowest BCUT2D eigenvalue weighted by atomic mass is 9.97. The molecular formula is C76H52F12N8O8. The van der Waals surface area contributed by atoms with E-state index in [-0.39, 0.29) is 0 Å². The number of alkyl halides is 12. The number of aromatic amines is 1. The molecule has 10 heterocycles. The topological polar surface area (TPSA) is 221 Å². The second-order valence-electron chi connectivity index (χ2n) is 22.9. The van der Waals surface area contributed by atoms with Gasteiger partial charge in [0, 0.05) is 109 Å². The Kier molecular flexibility index (Phi) is 22.2. The van der Waals surface area contributed by atoms with Crippen LogP contribution in [0.25, 0.3) is 39.4 Å². The zero-order valence-electron chi connectivity index (χ0n) is 53.6. The van der Waals surface area contributed by atoms with Gasteiger partial charge in [-0.3, -0.25) is 4.40 Å². The number of pyridine rings is 4. The van der Waals surface area contributed by atoms with E-state index in [1.165, 1.54) is 22.3 Å². The number of rotatable bonds is 12. The Bertz CT molecular complexity index is 5180. The SMILES string of the molecule is C1=CC2=C(c3ccc(C[n+]4ccccc4)cc3)c3ccc4c(-c5ccc(C[n+]6ccccc6)cc5)c5c(n34)=NC(=C5)C(c3ccc(C[n+]4ccccc4)cc3)=c3ccc([nH]3)=C(c3ccc(C[n+]4ccccc4)cc3)C1=N2.O=C([O-])C(F)(F)F.O=C([O-])C(F)(F)F.O=C([O-])C(F)(F)F.O=C([O-])C(F)(F)F. The van der Waals surface area contributed by atoms with E-state index in [0.717, 1.165) is 121 Å². The fraction of sp³-hybridized carbons (Fsp3) is 0.105. The van der Waals surface area contributed by atoms with Gasteiger partial charge in [-0.1, -0.05) is 121 Å². The summed E-state index contributed by atoms with van der Waals surface area (Å²) < 4.78 is 137. The van der Waals surface area contributed by atoms with E-state index < -0.39 is 48.6 Å². The Balaban J connectivity index is 0.000000352. The molecule has 6 bridgehead atoms. The van der Waals surface area contributed by atoms with Crippen molar-refractivity contribution in [1.82, 2.24) is 9.38 Å². The average Bonchev–Trinajstić information content (AvgIpc) is 1.55. The molecule has 0 saturated carbocycles. The predicted molar refractivity (Wildman–Crippen MR) is 342 cm³/mol. The number of nitrogens with one attached hydrogen (secondary N) is 1. The molecule has 0 aliphatic carbocycles. The van der Waals surface area contributed by atoms with Crippen LogP contribution in [0, 0.1) is 0 Å². The van der Waals surface area contributed by atoms with E-state index in [1.54, 1.807) is 0 Å². The van der Waals surface area contributed by atoms with Crippen molar-refractivity contribution in [3.05, 3.63) is 334 Å². The summed E-state index contributed by atoms with van der Waals surface area (Å²) in [5, 5.41) is 37.1. The maximum atomic E-state index is 10.5. The molecule has 11 aromatic rings. The van der Waals surface area contributed by atoms with E-state index in [2.05, 4.69) is 290 Å². The molecule has 0 saturated heterocycles. The van der Waals surface area contributed by atoms with Gasteiger partial charge in [0.2, 0.25) is 0 Å². The third-order valence-corrected chi connectivity index (χ3v) is 15.7. The normalized spacial score (nSPS) is 13.0. The summed E-state index contributed by atoms with van der Waals surface area (Å²) in [4.78, 5) is 50.5. The summed E-state index contributed by atoms with van der Waals surface area (Å²) in [7, 11) is 0. The quantitative estimate of drug-likeness (QED) is 0.112. The van der Waals surface area contributed by atoms with E-state index in [9.17, 15) is 52.7 Å². The lowest BCUT2D eigenvalue weighted by Crippen LogP contribution is -2.37. The number of hydrogen-bond acceptors (Lipinski definition) is 10. The molecule has 0 radical (unpaired) electrons. The number of carbonyl (C=O) groups excluding carboxylic acids is 4. The van der Waals surface area contributed by atoms with Crippen molar-refractivity contribution in [2.24, 2.45) is 9.98 Å². The molecule has 104 heavy (non-hydrogen) atoms. The van der Waals surface area contributed by atoms with Crippen LogP contribution in [-0.4, -0.2) is 63.7 Å². The molecule has 7 aromatic heterocycles. The van der Waals surface area contributed by atoms with Crippen molar-refractivity contribution < 1.29 is 111 Å². The summed E-state index contributed by atoms with van der Waals surface area (Å²) in [6, 6.07) is 69.9. The highest BCUT2D eigenvalue weighted by Crippen LogP contribution is 2.40. The zero-order valence-corrected chi connectivity index (χ0v) is 53.6. The van der Waals surface area contributed by atoms with E-state index >= 15 is 0 Å². The van der Waals surface area contributed by atoms with Gasteiger partial charge in [0.05, 0.1) is 28.3 Å². The first-order valence-electron chi connectivity index (χ1n) is 30.9. The zero-order chi connectivity index (χ0) is 74.7. The van der Waals surface area contributed by atoms with Gasteiger partial charge in [-0.15, -0.1) is 0 Å². The first-order chi connectivity index (χ1) is 49.4. The van der Waals surface area contributed by atoms with Crippen molar-refractivity contribution in [2.75, 3.05) is 0 Å². The third kappa shape index (κ3) is 18.4. The van der Waals surface area contributed by atoms with Gasteiger partial charge in [-0.2, -0.15) is 52.7 Å². The fourth-order valence-corrected chi connectivity index (χ4v) is 11.1. The monoisotopic (exact) mass is 1430 g/mol. The van der Waals surface area contributed by atoms with Gasteiger partial charge in [0.25, 0.3) is 0 Å². The first-order valence-corrected chi connectivity index (χ1v) is 30.9. The number of carbonyl (C=O) groups is 4. The fourth-order valence-electron chi connectivity index (χ4n) is 11.1. The Morgan fingerprint density at radius 2 is 0.692 bits per heavy atom. The van der Waals surface area contributed by atoms with Crippen LogP contribution in [0.4, 0.5) is 52.7 Å². The van der Waals surface area contributed by atoms with E-state index in [4.69, 9.17) is 49.6 Å². The highest BCUT2D eigenvalue weighted by molar-refractivity contribution is 6.30. The molecular weight excluding hydrogens is 1380 g/mol. The van der Waals surface area contributed by atoms with Crippen molar-refractivity contribution in [3.63, 3.8) is 0 Å². The molecule has 3 aliphatic heterocycles. The molecule has 0 fully saturated rings. The number of carboxylic acid groups (broad SMARTS) is 4. The van der Waals surface area contributed by atoms with Gasteiger partial charge < -0.3 is 44.6 Å². The molecule has 0 amide bonds. The number of aliphatic carboxylic acids is 4. The number of allylic oxidation sites excluding steroid dienone is 3. The summed E-state index contributed by atoms with van der Waals surface area (Å²) in [6.07, 6.45) is 2.83. The molecule has 28 heteroatoms. The summed E-state index contributed by atoms with van der Waals surface area (Å²) in [5.74, 6) is -12.0. The Morgan fingerprint density at radius 3 is 1.04 bits per heavy atom. The number of aliphatic imine (C=N–C) groups is 1. The van der Waals surface area contributed by atoms with E-state index in [1.807, 2.05) is 0 Å². The number of nitrogens with zero attached hydrogens (tertiary/aromatic N) is 7. The van der Waals surface area contributed by atoms with Crippen LogP contribution in [0.15, 0.2) is 277 Å². The van der Waals surface area contributed by atoms with E-state index in [0.29, 0.717) is 0 Å². The van der Waals surface area contributed by atoms with Crippen molar-refractivity contribution >= 4 is 57.9 Å². The summed E-state index contributed by atoms with van der Waals surface area (Å²) >= 11 is 0. The number of H-pyrrole nitrogens is 1. The van der Waals surface area contributed by atoms with Crippen LogP contribution in [0.1, 0.15) is 50.2 Å². The molecule has 0 unspecified atom stereocenters. The second kappa shape index (κ2) is 31.3. The third-order valence-electron chi connectivity index (χ3n) is 15.7. The lowest BCUT2D eigenvalue weighted by molar-refractivity contribution is -0.688. The smallest absolute Gasteiger partial charge is 0.430 e. The maximum absolute atomic E-state index is 10.5. The molecule has 1 N–H and O–H groups in total. The number of fused-ring (bicyclic) bond motifs is 4. The van der Waals surface area contributed by atoms with Crippen LogP contribution >= 0.6 is 0 Å². The maximum Gasteiger partial charge on any atom is 0.430 e. The average molecular weight is 1430 g/mol. The highest BCUT2D eigenvalue weighted by atomic mass is 19.4. The highest BCUT2D eigenvalue weighted by Gasteiger charge is 2.32. The minimum atomic E-state index is -5.19. The lowest BCUT2D eigenvalue weighted by Gasteiger charge is -2.12. The van der Waals surface area contributed by atoms with Gasteiger partial charge in [-0.25, -0.2) is 28.3 Å². The Morgan fingerprint density at radius 1 is 0.375 bits per heavy atom. The number of carboxylic acids is 4. The second-order valence-corrected chi connectivity index (χ2v) is 22.9. The summed E-state index contributed by atoms with van der Waals surface area (Å²) in [6.45, 7) is 3.11. The first kappa shape index (κ1) is 73.8. The number of hydrogen-bond donors (Lipinski definition) is 1. The van der Waals surface area contributed by atoms with Crippen molar-refractivity contribution in [3.8, 4) is 11.1 Å². The molecule has 16 nitrogen and oxygen atoms in total. The molecule has 4 aromatic carbocycles. The number of halogens is 12. The minimum Gasteiger partial charge on any atom is -0.542 e. The standard InChI is InChI=1S/C68H52N8.4C2HF3O2/c1-5-35-72(36-6-1)44-48-13-21-52(22-14-48)64-56-43-61-66(54-25-17-50(18-26-54)46-74-39-9-3-10-40-74)59-30-29-57(69-59)65(53-23-15-49(16-24-53)45-73-37-7-2-8-38-73)58-31-32-60(70-58)67(63-34-33-62(64)76(63)68(56)71-61)55-27-19-51(20-28-55)47-75-41-11-4-12-42-75;4*3-2(4,5)1(6)7/h1-43,69H,44-47H2;4*(H,6,7)/q+4;;;;/p-4.